The maximum absolute atomic E-state index is 13.9. The van der Waals surface area contributed by atoms with Gasteiger partial charge in [0, 0.05) is 12.5 Å². The van der Waals surface area contributed by atoms with Crippen LogP contribution in [0.3, 0.4) is 0 Å². The molecule has 0 bridgehead atoms. The topological polar surface area (TPSA) is 46.2 Å². The first-order valence-electron chi connectivity index (χ1n) is 7.28. The molecule has 2 unspecified atom stereocenters. The second kappa shape index (κ2) is 8.28. The number of aliphatic hydroxyl groups is 1. The van der Waals surface area contributed by atoms with Gasteiger partial charge in [0.2, 0.25) is 0 Å². The van der Waals surface area contributed by atoms with Crippen molar-refractivity contribution in [2.24, 2.45) is 11.7 Å². The van der Waals surface area contributed by atoms with E-state index in [1.807, 2.05) is 0 Å². The van der Waals surface area contributed by atoms with E-state index < -0.39 is 6.10 Å². The first-order chi connectivity index (χ1) is 9.15. The van der Waals surface area contributed by atoms with Gasteiger partial charge in [-0.15, -0.1) is 0 Å². The van der Waals surface area contributed by atoms with Crippen molar-refractivity contribution in [3.8, 4) is 0 Å². The molecule has 1 rings (SSSR count). The van der Waals surface area contributed by atoms with Gasteiger partial charge in [-0.25, -0.2) is 4.39 Å². The molecular formula is C16H26FNO. The normalized spacial score (nSPS) is 14.6. The molecule has 0 radical (unpaired) electrons. The highest BCUT2D eigenvalue weighted by molar-refractivity contribution is 5.23. The highest BCUT2D eigenvalue weighted by Crippen LogP contribution is 2.30. The van der Waals surface area contributed by atoms with Crippen LogP contribution in [0.25, 0.3) is 0 Å². The standard InChI is InChI=1S/C16H26FNO/c1-3-7-12(8-4-2)16(19)14(11-18)13-9-5-6-10-15(13)17/h5-6,9-10,12,14,16,19H,3-4,7-8,11,18H2,1-2H3. The van der Waals surface area contributed by atoms with Crippen LogP contribution < -0.4 is 5.73 Å². The Kier molecular flexibility index (Phi) is 7.03. The van der Waals surface area contributed by atoms with Crippen LogP contribution in [0.5, 0.6) is 0 Å². The molecule has 0 heterocycles. The van der Waals surface area contributed by atoms with Crippen LogP contribution in [-0.4, -0.2) is 17.8 Å². The summed E-state index contributed by atoms with van der Waals surface area (Å²) in [5.74, 6) is -0.392. The van der Waals surface area contributed by atoms with Crippen LogP contribution in [0.1, 0.15) is 51.0 Å². The summed E-state index contributed by atoms with van der Waals surface area (Å²) in [5, 5.41) is 10.6. The molecule has 0 aliphatic heterocycles. The Bertz CT molecular complexity index is 364. The van der Waals surface area contributed by atoms with E-state index in [1.165, 1.54) is 6.07 Å². The van der Waals surface area contributed by atoms with Crippen molar-refractivity contribution in [2.75, 3.05) is 6.54 Å². The first-order valence-corrected chi connectivity index (χ1v) is 7.28. The van der Waals surface area contributed by atoms with Gasteiger partial charge in [-0.1, -0.05) is 44.9 Å². The highest BCUT2D eigenvalue weighted by Gasteiger charge is 2.28. The maximum atomic E-state index is 13.9. The lowest BCUT2D eigenvalue weighted by molar-refractivity contribution is 0.0711. The van der Waals surface area contributed by atoms with Gasteiger partial charge in [0.15, 0.2) is 0 Å². The molecule has 2 nitrogen and oxygen atoms in total. The van der Waals surface area contributed by atoms with Crippen molar-refractivity contribution >= 4 is 0 Å². The SMILES string of the molecule is CCCC(CCC)C(O)C(CN)c1ccccc1F. The van der Waals surface area contributed by atoms with E-state index in [9.17, 15) is 9.50 Å². The van der Waals surface area contributed by atoms with Crippen molar-refractivity contribution < 1.29 is 9.50 Å². The smallest absolute Gasteiger partial charge is 0.126 e. The second-order valence-electron chi connectivity index (χ2n) is 5.19. The van der Waals surface area contributed by atoms with Crippen LogP contribution in [0.15, 0.2) is 24.3 Å². The number of hydrogen-bond donors (Lipinski definition) is 2. The average molecular weight is 267 g/mol. The summed E-state index contributed by atoms with van der Waals surface area (Å²) < 4.78 is 13.9. The van der Waals surface area contributed by atoms with Gasteiger partial charge < -0.3 is 10.8 Å². The van der Waals surface area contributed by atoms with Gasteiger partial charge in [0.05, 0.1) is 6.10 Å². The summed E-state index contributed by atoms with van der Waals surface area (Å²) in [6.45, 7) is 4.48. The van der Waals surface area contributed by atoms with E-state index in [2.05, 4.69) is 13.8 Å². The van der Waals surface area contributed by atoms with Crippen LogP contribution >= 0.6 is 0 Å². The third-order valence-corrected chi connectivity index (χ3v) is 3.77. The average Bonchev–Trinajstić information content (AvgIpc) is 2.41. The largest absolute Gasteiger partial charge is 0.392 e. The van der Waals surface area contributed by atoms with Gasteiger partial charge in [-0.2, -0.15) is 0 Å². The molecule has 1 aromatic rings. The highest BCUT2D eigenvalue weighted by atomic mass is 19.1. The van der Waals surface area contributed by atoms with E-state index >= 15 is 0 Å². The Balaban J connectivity index is 2.91. The minimum absolute atomic E-state index is 0.197. The molecule has 0 saturated carbocycles. The van der Waals surface area contributed by atoms with Crippen LogP contribution in [0, 0.1) is 11.7 Å². The molecule has 2 atom stereocenters. The zero-order valence-electron chi connectivity index (χ0n) is 12.0. The number of nitrogens with two attached hydrogens (primary N) is 1. The van der Waals surface area contributed by atoms with E-state index in [0.717, 1.165) is 25.7 Å². The monoisotopic (exact) mass is 267 g/mol. The van der Waals surface area contributed by atoms with Gasteiger partial charge in [0.25, 0.3) is 0 Å². The van der Waals surface area contributed by atoms with E-state index in [-0.39, 0.29) is 24.2 Å². The Morgan fingerprint density at radius 2 is 1.74 bits per heavy atom. The summed E-state index contributed by atoms with van der Waals surface area (Å²) >= 11 is 0. The minimum Gasteiger partial charge on any atom is -0.392 e. The number of rotatable bonds is 8. The van der Waals surface area contributed by atoms with Crippen molar-refractivity contribution in [1.82, 2.24) is 0 Å². The third kappa shape index (κ3) is 4.29. The fourth-order valence-electron chi connectivity index (χ4n) is 2.78. The lowest BCUT2D eigenvalue weighted by atomic mass is 9.81. The fraction of sp³-hybridized carbons (Fsp3) is 0.625. The summed E-state index contributed by atoms with van der Waals surface area (Å²) in [6.07, 6.45) is 3.40. The van der Waals surface area contributed by atoms with Gasteiger partial charge >= 0.3 is 0 Å². The van der Waals surface area contributed by atoms with E-state index in [0.29, 0.717) is 5.56 Å². The molecule has 0 saturated heterocycles. The van der Waals surface area contributed by atoms with Crippen molar-refractivity contribution in [3.63, 3.8) is 0 Å². The molecule has 108 valence electrons. The molecule has 1 aromatic carbocycles. The number of aliphatic hydroxyl groups excluding tert-OH is 1. The van der Waals surface area contributed by atoms with Crippen LogP contribution in [0.2, 0.25) is 0 Å². The van der Waals surface area contributed by atoms with Gasteiger partial charge in [-0.3, -0.25) is 0 Å². The fourth-order valence-corrected chi connectivity index (χ4v) is 2.78. The molecule has 0 spiro atoms. The summed E-state index contributed by atoms with van der Waals surface area (Å²) in [6, 6.07) is 6.61. The molecule has 19 heavy (non-hydrogen) atoms. The lowest BCUT2D eigenvalue weighted by Gasteiger charge is -2.29. The quantitative estimate of drug-likeness (QED) is 0.758. The molecule has 3 N–H and O–H groups in total. The molecule has 3 heteroatoms. The Morgan fingerprint density at radius 1 is 1.16 bits per heavy atom. The molecule has 0 amide bonds. The predicted octanol–water partition coefficient (Wildman–Crippen LogP) is 3.45. The molecule has 0 aliphatic rings. The summed E-state index contributed by atoms with van der Waals surface area (Å²) in [4.78, 5) is 0. The Morgan fingerprint density at radius 3 is 2.21 bits per heavy atom. The molecule has 0 aromatic heterocycles. The van der Waals surface area contributed by atoms with Gasteiger partial charge in [-0.05, 0) is 30.4 Å². The first kappa shape index (κ1) is 16.1. The zero-order chi connectivity index (χ0) is 14.3. The van der Waals surface area contributed by atoms with E-state index in [1.54, 1.807) is 18.2 Å². The summed E-state index contributed by atoms with van der Waals surface area (Å²) in [7, 11) is 0. The third-order valence-electron chi connectivity index (χ3n) is 3.77. The Labute approximate surface area is 115 Å². The van der Waals surface area contributed by atoms with Crippen molar-refractivity contribution in [1.29, 1.82) is 0 Å². The zero-order valence-corrected chi connectivity index (χ0v) is 12.0. The maximum Gasteiger partial charge on any atom is 0.126 e. The molecule has 0 aliphatic carbocycles. The van der Waals surface area contributed by atoms with E-state index in [4.69, 9.17) is 5.73 Å². The number of hydrogen-bond acceptors (Lipinski definition) is 2. The van der Waals surface area contributed by atoms with Crippen molar-refractivity contribution in [2.45, 2.75) is 51.6 Å². The van der Waals surface area contributed by atoms with Crippen LogP contribution in [0.4, 0.5) is 4.39 Å². The van der Waals surface area contributed by atoms with Crippen molar-refractivity contribution in [3.05, 3.63) is 35.6 Å². The van der Waals surface area contributed by atoms with Gasteiger partial charge in [0.1, 0.15) is 5.82 Å². The number of halogens is 1. The molecule has 0 fully saturated rings. The second-order valence-corrected chi connectivity index (χ2v) is 5.19. The lowest BCUT2D eigenvalue weighted by Crippen LogP contribution is -2.33. The minimum atomic E-state index is -0.568. The Hall–Kier alpha value is -0.930. The predicted molar refractivity (Wildman–Crippen MR) is 77.5 cm³/mol. The van der Waals surface area contributed by atoms with Crippen LogP contribution in [-0.2, 0) is 0 Å². The summed E-state index contributed by atoms with van der Waals surface area (Å²) in [5.41, 5.74) is 6.31. The molecular weight excluding hydrogens is 241 g/mol. The number of benzene rings is 1.